The molecule has 0 spiro atoms. The van der Waals surface area contributed by atoms with Gasteiger partial charge in [0.1, 0.15) is 0 Å². The molecule has 1 saturated heterocycles. The molecule has 1 fully saturated rings. The maximum absolute atomic E-state index is 10.7. The molecule has 1 atom stereocenters. The molecule has 2 N–H and O–H groups in total. The summed E-state index contributed by atoms with van der Waals surface area (Å²) in [5.74, 6) is 0.367. The Bertz CT molecular complexity index is 578. The molecule has 100 valence electrons. The molecule has 1 aliphatic rings. The molecule has 1 aliphatic heterocycles. The number of fused-ring (bicyclic) bond motifs is 1. The van der Waals surface area contributed by atoms with Gasteiger partial charge in [0.15, 0.2) is 0 Å². The standard InChI is InChI=1S/C16H18BrNO/c17-15-6-5-14(12-3-1-2-4-13(12)15)16(19)11-7-9-18-10-8-11/h1-6,11,16,18-19H,7-10H2. The van der Waals surface area contributed by atoms with E-state index in [4.69, 9.17) is 0 Å². The highest BCUT2D eigenvalue weighted by atomic mass is 79.9. The van der Waals surface area contributed by atoms with Crippen molar-refractivity contribution in [3.63, 3.8) is 0 Å². The lowest BCUT2D eigenvalue weighted by atomic mass is 9.86. The lowest BCUT2D eigenvalue weighted by Gasteiger charge is -2.28. The van der Waals surface area contributed by atoms with Crippen LogP contribution in [0.5, 0.6) is 0 Å². The maximum Gasteiger partial charge on any atom is 0.0825 e. The molecule has 2 aromatic carbocycles. The maximum atomic E-state index is 10.7. The fourth-order valence-corrected chi connectivity index (χ4v) is 3.44. The zero-order valence-corrected chi connectivity index (χ0v) is 12.4. The van der Waals surface area contributed by atoms with Gasteiger partial charge in [-0.2, -0.15) is 0 Å². The lowest BCUT2D eigenvalue weighted by Crippen LogP contribution is -2.30. The molecular formula is C16H18BrNO. The predicted octanol–water partition coefficient (Wildman–Crippen LogP) is 3.64. The number of benzene rings is 2. The van der Waals surface area contributed by atoms with E-state index in [1.807, 2.05) is 18.2 Å². The van der Waals surface area contributed by atoms with Crippen LogP contribution in [0.3, 0.4) is 0 Å². The normalized spacial score (nSPS) is 18.6. The number of rotatable bonds is 2. The molecule has 1 heterocycles. The Morgan fingerprint density at radius 2 is 1.74 bits per heavy atom. The van der Waals surface area contributed by atoms with Crippen molar-refractivity contribution in [2.24, 2.45) is 5.92 Å². The highest BCUT2D eigenvalue weighted by molar-refractivity contribution is 9.10. The molecule has 3 rings (SSSR count). The molecule has 2 nitrogen and oxygen atoms in total. The van der Waals surface area contributed by atoms with Crippen molar-refractivity contribution in [2.45, 2.75) is 18.9 Å². The van der Waals surface area contributed by atoms with E-state index >= 15 is 0 Å². The Kier molecular flexibility index (Phi) is 3.87. The van der Waals surface area contributed by atoms with Gasteiger partial charge in [-0.25, -0.2) is 0 Å². The molecule has 0 radical (unpaired) electrons. The molecule has 19 heavy (non-hydrogen) atoms. The van der Waals surface area contributed by atoms with Crippen LogP contribution in [0.2, 0.25) is 0 Å². The summed E-state index contributed by atoms with van der Waals surface area (Å²) >= 11 is 3.58. The number of nitrogens with one attached hydrogen (secondary N) is 1. The summed E-state index contributed by atoms with van der Waals surface area (Å²) in [5, 5.41) is 16.4. The third-order valence-electron chi connectivity index (χ3n) is 4.05. The van der Waals surface area contributed by atoms with Gasteiger partial charge in [-0.15, -0.1) is 0 Å². The highest BCUT2D eigenvalue weighted by Gasteiger charge is 2.24. The topological polar surface area (TPSA) is 32.3 Å². The van der Waals surface area contributed by atoms with E-state index in [1.165, 1.54) is 5.39 Å². The van der Waals surface area contributed by atoms with Crippen molar-refractivity contribution < 1.29 is 5.11 Å². The zero-order valence-electron chi connectivity index (χ0n) is 10.8. The van der Waals surface area contributed by atoms with E-state index < -0.39 is 0 Å². The van der Waals surface area contributed by atoms with Crippen LogP contribution in [0.4, 0.5) is 0 Å². The van der Waals surface area contributed by atoms with E-state index in [-0.39, 0.29) is 6.10 Å². The first-order valence-electron chi connectivity index (χ1n) is 6.83. The monoisotopic (exact) mass is 319 g/mol. The van der Waals surface area contributed by atoms with Crippen molar-refractivity contribution in [3.8, 4) is 0 Å². The van der Waals surface area contributed by atoms with E-state index in [2.05, 4.69) is 39.4 Å². The predicted molar refractivity (Wildman–Crippen MR) is 82.2 cm³/mol. The Hall–Kier alpha value is -0.900. The Morgan fingerprint density at radius 3 is 2.47 bits per heavy atom. The van der Waals surface area contributed by atoms with Crippen LogP contribution in [-0.2, 0) is 0 Å². The first kappa shape index (κ1) is 13.1. The van der Waals surface area contributed by atoms with E-state index in [1.54, 1.807) is 0 Å². The van der Waals surface area contributed by atoms with Crippen molar-refractivity contribution in [3.05, 3.63) is 46.4 Å². The zero-order chi connectivity index (χ0) is 13.2. The van der Waals surface area contributed by atoms with Gasteiger partial charge >= 0.3 is 0 Å². The quantitative estimate of drug-likeness (QED) is 0.885. The summed E-state index contributed by atoms with van der Waals surface area (Å²) in [4.78, 5) is 0. The van der Waals surface area contributed by atoms with Gasteiger partial charge < -0.3 is 10.4 Å². The van der Waals surface area contributed by atoms with Crippen LogP contribution in [-0.4, -0.2) is 18.2 Å². The number of aliphatic hydroxyl groups excluding tert-OH is 1. The first-order chi connectivity index (χ1) is 9.27. The molecular weight excluding hydrogens is 302 g/mol. The van der Waals surface area contributed by atoms with Crippen LogP contribution in [0.25, 0.3) is 10.8 Å². The lowest BCUT2D eigenvalue weighted by molar-refractivity contribution is 0.0902. The van der Waals surface area contributed by atoms with Gasteiger partial charge in [-0.1, -0.05) is 46.3 Å². The number of hydrogen-bond acceptors (Lipinski definition) is 2. The molecule has 0 aliphatic carbocycles. The van der Waals surface area contributed by atoms with Gasteiger partial charge in [0.05, 0.1) is 6.10 Å². The Morgan fingerprint density at radius 1 is 1.05 bits per heavy atom. The van der Waals surface area contributed by atoms with Gasteiger partial charge in [-0.3, -0.25) is 0 Å². The van der Waals surface area contributed by atoms with Crippen molar-refractivity contribution in [2.75, 3.05) is 13.1 Å². The Balaban J connectivity index is 2.02. The summed E-state index contributed by atoms with van der Waals surface area (Å²) in [6, 6.07) is 12.4. The summed E-state index contributed by atoms with van der Waals surface area (Å²) in [6.07, 6.45) is 1.73. The van der Waals surface area contributed by atoms with Crippen LogP contribution >= 0.6 is 15.9 Å². The minimum Gasteiger partial charge on any atom is -0.388 e. The van der Waals surface area contributed by atoms with Crippen LogP contribution in [0.1, 0.15) is 24.5 Å². The van der Waals surface area contributed by atoms with Gasteiger partial charge in [0, 0.05) is 4.47 Å². The minimum absolute atomic E-state index is 0.361. The number of halogens is 1. The smallest absolute Gasteiger partial charge is 0.0825 e. The minimum atomic E-state index is -0.361. The molecule has 0 saturated carbocycles. The third kappa shape index (κ3) is 2.55. The Labute approximate surface area is 122 Å². The SMILES string of the molecule is OC(c1ccc(Br)c2ccccc12)C1CCNCC1. The average molecular weight is 320 g/mol. The molecule has 3 heteroatoms. The summed E-state index contributed by atoms with van der Waals surface area (Å²) in [7, 11) is 0. The van der Waals surface area contributed by atoms with Crippen molar-refractivity contribution in [1.29, 1.82) is 0 Å². The highest BCUT2D eigenvalue weighted by Crippen LogP contribution is 2.35. The van der Waals surface area contributed by atoms with Crippen LogP contribution < -0.4 is 5.32 Å². The second-order valence-corrected chi connectivity index (χ2v) is 6.07. The fraction of sp³-hybridized carbons (Fsp3) is 0.375. The second kappa shape index (κ2) is 5.61. The average Bonchev–Trinajstić information content (AvgIpc) is 2.48. The van der Waals surface area contributed by atoms with Gasteiger partial charge in [-0.05, 0) is 54.3 Å². The molecule has 2 aromatic rings. The van der Waals surface area contributed by atoms with Gasteiger partial charge in [0.25, 0.3) is 0 Å². The van der Waals surface area contributed by atoms with Crippen LogP contribution in [0.15, 0.2) is 40.9 Å². The van der Waals surface area contributed by atoms with Crippen molar-refractivity contribution in [1.82, 2.24) is 5.32 Å². The van der Waals surface area contributed by atoms with Gasteiger partial charge in [0.2, 0.25) is 0 Å². The molecule has 0 aromatic heterocycles. The second-order valence-electron chi connectivity index (χ2n) is 5.21. The molecule has 0 amide bonds. The third-order valence-corrected chi connectivity index (χ3v) is 4.75. The van der Waals surface area contributed by atoms with E-state index in [0.717, 1.165) is 41.4 Å². The largest absolute Gasteiger partial charge is 0.388 e. The van der Waals surface area contributed by atoms with E-state index in [9.17, 15) is 5.11 Å². The number of hydrogen-bond donors (Lipinski definition) is 2. The molecule has 1 unspecified atom stereocenters. The first-order valence-corrected chi connectivity index (χ1v) is 7.62. The molecule has 0 bridgehead atoms. The van der Waals surface area contributed by atoms with E-state index in [0.29, 0.717) is 5.92 Å². The number of aliphatic hydroxyl groups is 1. The van der Waals surface area contributed by atoms with Crippen molar-refractivity contribution >= 4 is 26.7 Å². The fourth-order valence-electron chi connectivity index (χ4n) is 2.96. The number of piperidine rings is 1. The van der Waals surface area contributed by atoms with Crippen LogP contribution in [0, 0.1) is 5.92 Å². The summed E-state index contributed by atoms with van der Waals surface area (Å²) in [6.45, 7) is 2.02. The summed E-state index contributed by atoms with van der Waals surface area (Å²) in [5.41, 5.74) is 1.06. The summed E-state index contributed by atoms with van der Waals surface area (Å²) < 4.78 is 1.09.